The SMILES string of the molecule is CCS(=O)(=O)Oc1ccc2c(NC(N)=O)c(C(=O)c3ccc(Cl)cc3Cl)oc2c1. The van der Waals surface area contributed by atoms with E-state index in [0.29, 0.717) is 10.4 Å². The van der Waals surface area contributed by atoms with Gasteiger partial charge in [0, 0.05) is 22.0 Å². The van der Waals surface area contributed by atoms with Crippen LogP contribution in [0.1, 0.15) is 23.0 Å². The highest BCUT2D eigenvalue weighted by Gasteiger charge is 2.25. The minimum absolute atomic E-state index is 0.0118. The molecule has 0 unspecified atom stereocenters. The van der Waals surface area contributed by atoms with Crippen LogP contribution in [-0.2, 0) is 10.1 Å². The van der Waals surface area contributed by atoms with E-state index in [-0.39, 0.29) is 39.1 Å². The molecule has 0 aliphatic rings. The molecule has 29 heavy (non-hydrogen) atoms. The second-order valence-corrected chi connectivity index (χ2v) is 8.54. The van der Waals surface area contributed by atoms with E-state index in [0.717, 1.165) is 0 Å². The number of carbonyl (C=O) groups is 2. The molecule has 0 saturated heterocycles. The third kappa shape index (κ3) is 4.47. The molecule has 0 spiro atoms. The summed E-state index contributed by atoms with van der Waals surface area (Å²) in [6, 6.07) is 7.45. The molecule has 3 aromatic rings. The van der Waals surface area contributed by atoms with Gasteiger partial charge in [-0.15, -0.1) is 0 Å². The minimum atomic E-state index is -3.76. The number of fused-ring (bicyclic) bond motifs is 1. The van der Waals surface area contributed by atoms with Crippen molar-refractivity contribution in [2.45, 2.75) is 6.92 Å². The highest BCUT2D eigenvalue weighted by molar-refractivity contribution is 7.87. The van der Waals surface area contributed by atoms with Gasteiger partial charge in [0.25, 0.3) is 0 Å². The van der Waals surface area contributed by atoms with Crippen LogP contribution >= 0.6 is 23.2 Å². The van der Waals surface area contributed by atoms with E-state index in [1.54, 1.807) is 0 Å². The van der Waals surface area contributed by atoms with Crippen LogP contribution in [0.25, 0.3) is 11.0 Å². The summed E-state index contributed by atoms with van der Waals surface area (Å²) in [5, 5.41) is 3.10. The molecule has 1 aromatic heterocycles. The largest absolute Gasteiger partial charge is 0.450 e. The van der Waals surface area contributed by atoms with Gasteiger partial charge in [0.2, 0.25) is 5.78 Å². The fourth-order valence-electron chi connectivity index (χ4n) is 2.54. The number of primary amides is 1. The van der Waals surface area contributed by atoms with Gasteiger partial charge in [-0.1, -0.05) is 23.2 Å². The molecule has 0 fully saturated rings. The standard InChI is InChI=1S/C18H14Cl2N2O6S/c1-2-29(25,26)28-10-4-6-12-14(8-10)27-17(15(12)22-18(21)24)16(23)11-5-3-9(19)7-13(11)20/h3-8H,2H2,1H3,(H3,21,22,24). The summed E-state index contributed by atoms with van der Waals surface area (Å²) in [6.45, 7) is 1.43. The highest BCUT2D eigenvalue weighted by Crippen LogP contribution is 2.36. The van der Waals surface area contributed by atoms with E-state index in [9.17, 15) is 18.0 Å². The summed E-state index contributed by atoms with van der Waals surface area (Å²) in [5.74, 6) is -1.10. The van der Waals surface area contributed by atoms with Gasteiger partial charge in [0.1, 0.15) is 17.0 Å². The molecule has 3 rings (SSSR count). The van der Waals surface area contributed by atoms with Crippen LogP contribution in [0.2, 0.25) is 10.0 Å². The van der Waals surface area contributed by atoms with Crippen LogP contribution in [0.4, 0.5) is 10.5 Å². The number of hydrogen-bond donors (Lipinski definition) is 2. The second kappa shape index (κ2) is 7.94. The topological polar surface area (TPSA) is 129 Å². The Morgan fingerprint density at radius 3 is 2.52 bits per heavy atom. The molecule has 11 heteroatoms. The lowest BCUT2D eigenvalue weighted by Crippen LogP contribution is -2.20. The maximum Gasteiger partial charge on any atom is 0.316 e. The Morgan fingerprint density at radius 1 is 1.17 bits per heavy atom. The number of furan rings is 1. The summed E-state index contributed by atoms with van der Waals surface area (Å²) in [6.07, 6.45) is 0. The number of nitrogens with two attached hydrogens (primary N) is 1. The Bertz CT molecular complexity index is 1240. The molecule has 2 aromatic carbocycles. The average molecular weight is 457 g/mol. The Hall–Kier alpha value is -2.75. The molecule has 0 aliphatic heterocycles. The minimum Gasteiger partial charge on any atom is -0.450 e. The van der Waals surface area contributed by atoms with Crippen molar-refractivity contribution in [1.29, 1.82) is 0 Å². The average Bonchev–Trinajstić information content (AvgIpc) is 2.98. The number of benzene rings is 2. The van der Waals surface area contributed by atoms with Crippen LogP contribution in [0.5, 0.6) is 5.75 Å². The Kier molecular flexibility index (Phi) is 5.74. The van der Waals surface area contributed by atoms with Gasteiger partial charge in [-0.05, 0) is 37.3 Å². The number of ketones is 1. The van der Waals surface area contributed by atoms with Gasteiger partial charge in [-0.25, -0.2) is 4.79 Å². The Morgan fingerprint density at radius 2 is 1.90 bits per heavy atom. The lowest BCUT2D eigenvalue weighted by molar-refractivity contribution is 0.101. The first-order chi connectivity index (χ1) is 13.6. The van der Waals surface area contributed by atoms with Gasteiger partial charge < -0.3 is 19.7 Å². The predicted octanol–water partition coefficient (Wildman–Crippen LogP) is 4.19. The zero-order valence-corrected chi connectivity index (χ0v) is 17.2. The second-order valence-electron chi connectivity index (χ2n) is 5.84. The number of urea groups is 1. The summed E-state index contributed by atoms with van der Waals surface area (Å²) < 4.78 is 33.9. The number of rotatable bonds is 6. The van der Waals surface area contributed by atoms with Crippen LogP contribution in [0.3, 0.4) is 0 Å². The fraction of sp³-hybridized carbons (Fsp3) is 0.111. The molecule has 0 aliphatic carbocycles. The van der Waals surface area contributed by atoms with Gasteiger partial charge in [-0.2, -0.15) is 8.42 Å². The molecule has 8 nitrogen and oxygen atoms in total. The van der Waals surface area contributed by atoms with E-state index in [2.05, 4.69) is 5.32 Å². The Labute approximate surface area is 175 Å². The lowest BCUT2D eigenvalue weighted by Gasteiger charge is -2.05. The third-order valence-corrected chi connectivity index (χ3v) is 5.57. The van der Waals surface area contributed by atoms with Crippen LogP contribution < -0.4 is 15.2 Å². The molecule has 0 bridgehead atoms. The molecule has 0 radical (unpaired) electrons. The van der Waals surface area contributed by atoms with Gasteiger partial charge in [0.15, 0.2) is 5.76 Å². The van der Waals surface area contributed by atoms with Crippen LogP contribution in [0.15, 0.2) is 40.8 Å². The van der Waals surface area contributed by atoms with Gasteiger partial charge in [0.05, 0.1) is 10.8 Å². The zero-order chi connectivity index (χ0) is 21.3. The predicted molar refractivity (Wildman–Crippen MR) is 109 cm³/mol. The van der Waals surface area contributed by atoms with E-state index in [1.807, 2.05) is 0 Å². The number of amides is 2. The summed E-state index contributed by atoms with van der Waals surface area (Å²) in [5.41, 5.74) is 5.43. The van der Waals surface area contributed by atoms with Crippen molar-refractivity contribution in [2.24, 2.45) is 5.73 Å². The molecular formula is C18H14Cl2N2O6S. The number of hydrogen-bond acceptors (Lipinski definition) is 6. The normalized spacial score (nSPS) is 11.4. The van der Waals surface area contributed by atoms with Crippen LogP contribution in [-0.4, -0.2) is 26.0 Å². The molecule has 0 saturated carbocycles. The van der Waals surface area contributed by atoms with E-state index >= 15 is 0 Å². The van der Waals surface area contributed by atoms with Gasteiger partial charge >= 0.3 is 16.1 Å². The smallest absolute Gasteiger partial charge is 0.316 e. The third-order valence-electron chi connectivity index (χ3n) is 3.87. The molecule has 152 valence electrons. The molecule has 0 atom stereocenters. The fourth-order valence-corrected chi connectivity index (χ4v) is 3.55. The first-order valence-electron chi connectivity index (χ1n) is 8.16. The molecule has 3 N–H and O–H groups in total. The van der Waals surface area contributed by atoms with Crippen molar-refractivity contribution >= 4 is 61.8 Å². The summed E-state index contributed by atoms with van der Waals surface area (Å²) in [4.78, 5) is 24.4. The van der Waals surface area contributed by atoms with Crippen molar-refractivity contribution in [3.8, 4) is 5.75 Å². The van der Waals surface area contributed by atoms with E-state index < -0.39 is 21.9 Å². The van der Waals surface area contributed by atoms with E-state index in [4.69, 9.17) is 37.5 Å². The van der Waals surface area contributed by atoms with Crippen molar-refractivity contribution in [3.05, 3.63) is 57.8 Å². The maximum absolute atomic E-state index is 13.0. The quantitative estimate of drug-likeness (QED) is 0.422. The van der Waals surface area contributed by atoms with Crippen LogP contribution in [0, 0.1) is 0 Å². The van der Waals surface area contributed by atoms with Crippen molar-refractivity contribution in [1.82, 2.24) is 0 Å². The molecule has 1 heterocycles. The molecular weight excluding hydrogens is 443 g/mol. The number of nitrogens with one attached hydrogen (secondary N) is 1. The van der Waals surface area contributed by atoms with Gasteiger partial charge in [-0.3, -0.25) is 4.79 Å². The van der Waals surface area contributed by atoms with Crippen molar-refractivity contribution in [2.75, 3.05) is 11.1 Å². The molecule has 2 amide bonds. The first-order valence-corrected chi connectivity index (χ1v) is 10.5. The number of halogens is 2. The monoisotopic (exact) mass is 456 g/mol. The van der Waals surface area contributed by atoms with Crippen molar-refractivity contribution in [3.63, 3.8) is 0 Å². The summed E-state index contributed by atoms with van der Waals surface area (Å²) in [7, 11) is -3.76. The highest BCUT2D eigenvalue weighted by atomic mass is 35.5. The number of carbonyl (C=O) groups excluding carboxylic acids is 2. The van der Waals surface area contributed by atoms with Crippen molar-refractivity contribution < 1.29 is 26.6 Å². The summed E-state index contributed by atoms with van der Waals surface area (Å²) >= 11 is 12.0. The van der Waals surface area contributed by atoms with E-state index in [1.165, 1.54) is 43.3 Å². The zero-order valence-electron chi connectivity index (χ0n) is 14.9. The first kappa shape index (κ1) is 21.0. The number of anilines is 1. The Balaban J connectivity index is 2.14. The maximum atomic E-state index is 13.0. The lowest BCUT2D eigenvalue weighted by atomic mass is 10.1.